The molecular weight excluding hydrogens is 197 g/mol. The van der Waals surface area contributed by atoms with E-state index in [1.807, 2.05) is 13.1 Å². The Balaban J connectivity index is 2.40. The Kier molecular flexibility index (Phi) is 2.79. The summed E-state index contributed by atoms with van der Waals surface area (Å²) in [6, 6.07) is 5.45. The number of fused-ring (bicyclic) bond motifs is 1. The summed E-state index contributed by atoms with van der Waals surface area (Å²) in [4.78, 5) is 1.09. The molecular formula is C11H14FNS. The fraction of sp³-hybridized carbons (Fsp3) is 0.455. The van der Waals surface area contributed by atoms with Crippen molar-refractivity contribution in [3.8, 4) is 0 Å². The molecule has 1 aromatic carbocycles. The van der Waals surface area contributed by atoms with Gasteiger partial charge in [0.05, 0.1) is 0 Å². The molecule has 1 aliphatic rings. The van der Waals surface area contributed by atoms with Gasteiger partial charge in [0.25, 0.3) is 0 Å². The zero-order valence-electron chi connectivity index (χ0n) is 8.38. The maximum Gasteiger partial charge on any atom is 0.124 e. The average molecular weight is 211 g/mol. The van der Waals surface area contributed by atoms with Crippen molar-refractivity contribution in [2.45, 2.75) is 29.5 Å². The maximum absolute atomic E-state index is 13.0. The summed E-state index contributed by atoms with van der Waals surface area (Å²) in [7, 11) is 1.96. The van der Waals surface area contributed by atoms with Crippen LogP contribution in [0.3, 0.4) is 0 Å². The van der Waals surface area contributed by atoms with Crippen molar-refractivity contribution in [3.63, 3.8) is 0 Å². The molecule has 2 unspecified atom stereocenters. The van der Waals surface area contributed by atoms with Gasteiger partial charge in [-0.25, -0.2) is 4.39 Å². The molecule has 1 N–H and O–H groups in total. The summed E-state index contributed by atoms with van der Waals surface area (Å²) < 4.78 is 13.0. The van der Waals surface area contributed by atoms with Crippen LogP contribution in [0.1, 0.15) is 24.9 Å². The summed E-state index contributed by atoms with van der Waals surface area (Å²) in [5.74, 6) is -0.139. The highest BCUT2D eigenvalue weighted by Crippen LogP contribution is 2.40. The standard InChI is InChI=1S/C11H14FNS/c1-7-5-10(13-2)9-4-3-8(12)6-11(9)14-7/h3-4,6-7,10,13H,5H2,1-2H3. The Labute approximate surface area is 88.1 Å². The van der Waals surface area contributed by atoms with E-state index in [1.54, 1.807) is 23.9 Å². The van der Waals surface area contributed by atoms with Gasteiger partial charge in [0.2, 0.25) is 0 Å². The van der Waals surface area contributed by atoms with Crippen LogP contribution in [-0.2, 0) is 0 Å². The minimum Gasteiger partial charge on any atom is -0.313 e. The molecule has 0 aromatic heterocycles. The number of thioether (sulfide) groups is 1. The second kappa shape index (κ2) is 3.91. The second-order valence-electron chi connectivity index (χ2n) is 3.69. The number of rotatable bonds is 1. The number of nitrogens with one attached hydrogen (secondary N) is 1. The van der Waals surface area contributed by atoms with E-state index in [0.29, 0.717) is 11.3 Å². The lowest BCUT2D eigenvalue weighted by Gasteiger charge is -2.28. The van der Waals surface area contributed by atoms with Gasteiger partial charge < -0.3 is 5.32 Å². The minimum absolute atomic E-state index is 0.139. The summed E-state index contributed by atoms with van der Waals surface area (Å²) in [5, 5.41) is 3.83. The maximum atomic E-state index is 13.0. The lowest BCUT2D eigenvalue weighted by Crippen LogP contribution is -2.23. The molecule has 1 aromatic rings. The first-order valence-corrected chi connectivity index (χ1v) is 5.72. The topological polar surface area (TPSA) is 12.0 Å². The molecule has 2 atom stereocenters. The molecule has 2 rings (SSSR count). The fourth-order valence-corrected chi connectivity index (χ4v) is 3.14. The van der Waals surface area contributed by atoms with Crippen molar-refractivity contribution in [1.29, 1.82) is 0 Å². The molecule has 3 heteroatoms. The summed E-state index contributed by atoms with van der Waals surface area (Å²) >= 11 is 1.77. The van der Waals surface area contributed by atoms with E-state index in [-0.39, 0.29) is 5.82 Å². The number of halogens is 1. The first-order valence-electron chi connectivity index (χ1n) is 4.84. The fourth-order valence-electron chi connectivity index (χ4n) is 1.90. The smallest absolute Gasteiger partial charge is 0.124 e. The zero-order valence-corrected chi connectivity index (χ0v) is 9.20. The molecule has 1 nitrogen and oxygen atoms in total. The highest BCUT2D eigenvalue weighted by Gasteiger charge is 2.23. The molecule has 0 amide bonds. The molecule has 1 aliphatic heterocycles. The molecule has 14 heavy (non-hydrogen) atoms. The van der Waals surface area contributed by atoms with Crippen molar-refractivity contribution >= 4 is 11.8 Å². The van der Waals surface area contributed by atoms with E-state index < -0.39 is 0 Å². The average Bonchev–Trinajstić information content (AvgIpc) is 2.15. The van der Waals surface area contributed by atoms with Crippen LogP contribution in [0.5, 0.6) is 0 Å². The van der Waals surface area contributed by atoms with E-state index >= 15 is 0 Å². The molecule has 0 saturated carbocycles. The molecule has 0 radical (unpaired) electrons. The monoisotopic (exact) mass is 211 g/mol. The minimum atomic E-state index is -0.139. The third-order valence-electron chi connectivity index (χ3n) is 2.60. The van der Waals surface area contributed by atoms with E-state index in [0.717, 1.165) is 11.3 Å². The number of benzene rings is 1. The van der Waals surface area contributed by atoms with Crippen LogP contribution in [-0.4, -0.2) is 12.3 Å². The normalized spacial score (nSPS) is 25.9. The van der Waals surface area contributed by atoms with Crippen molar-refractivity contribution in [2.24, 2.45) is 0 Å². The van der Waals surface area contributed by atoms with Crippen molar-refractivity contribution < 1.29 is 4.39 Å². The first-order chi connectivity index (χ1) is 6.70. The van der Waals surface area contributed by atoms with Crippen LogP contribution >= 0.6 is 11.8 Å². The highest BCUT2D eigenvalue weighted by atomic mass is 32.2. The van der Waals surface area contributed by atoms with E-state index in [4.69, 9.17) is 0 Å². The Hall–Kier alpha value is -0.540. The van der Waals surface area contributed by atoms with E-state index in [1.165, 1.54) is 5.56 Å². The van der Waals surface area contributed by atoms with Gasteiger partial charge in [0.15, 0.2) is 0 Å². The van der Waals surface area contributed by atoms with Gasteiger partial charge in [-0.1, -0.05) is 13.0 Å². The second-order valence-corrected chi connectivity index (χ2v) is 5.17. The van der Waals surface area contributed by atoms with Gasteiger partial charge in [-0.15, -0.1) is 11.8 Å². The SMILES string of the molecule is CNC1CC(C)Sc2cc(F)ccc21. The largest absolute Gasteiger partial charge is 0.313 e. The molecule has 0 aliphatic carbocycles. The third kappa shape index (κ3) is 1.79. The Morgan fingerprint density at radius 2 is 2.29 bits per heavy atom. The molecule has 0 spiro atoms. The Morgan fingerprint density at radius 3 is 3.00 bits per heavy atom. The van der Waals surface area contributed by atoms with Gasteiger partial charge in [-0.3, -0.25) is 0 Å². The van der Waals surface area contributed by atoms with E-state index in [2.05, 4.69) is 12.2 Å². The zero-order chi connectivity index (χ0) is 10.1. The van der Waals surface area contributed by atoms with Crippen molar-refractivity contribution in [2.75, 3.05) is 7.05 Å². The third-order valence-corrected chi connectivity index (χ3v) is 3.80. The van der Waals surface area contributed by atoms with Crippen molar-refractivity contribution in [1.82, 2.24) is 5.32 Å². The lowest BCUT2D eigenvalue weighted by molar-refractivity contribution is 0.527. The molecule has 0 bridgehead atoms. The summed E-state index contributed by atoms with van der Waals surface area (Å²) in [6.45, 7) is 2.18. The van der Waals surface area contributed by atoms with Gasteiger partial charge in [-0.05, 0) is 31.2 Å². The number of hydrogen-bond donors (Lipinski definition) is 1. The summed E-state index contributed by atoms with van der Waals surface area (Å²) in [5.41, 5.74) is 1.23. The number of hydrogen-bond acceptors (Lipinski definition) is 2. The van der Waals surface area contributed by atoms with Crippen LogP contribution in [0, 0.1) is 5.82 Å². The quantitative estimate of drug-likeness (QED) is 0.766. The molecule has 1 heterocycles. The highest BCUT2D eigenvalue weighted by molar-refractivity contribution is 8.00. The van der Waals surface area contributed by atoms with Crippen LogP contribution in [0.2, 0.25) is 0 Å². The van der Waals surface area contributed by atoms with Crippen molar-refractivity contribution in [3.05, 3.63) is 29.6 Å². The van der Waals surface area contributed by atoms with Gasteiger partial charge in [-0.2, -0.15) is 0 Å². The van der Waals surface area contributed by atoms with Crippen LogP contribution in [0.25, 0.3) is 0 Å². The molecule has 76 valence electrons. The van der Waals surface area contributed by atoms with Crippen LogP contribution < -0.4 is 5.32 Å². The Morgan fingerprint density at radius 1 is 1.50 bits per heavy atom. The Bertz CT molecular complexity index is 340. The van der Waals surface area contributed by atoms with Gasteiger partial charge in [0, 0.05) is 16.2 Å². The van der Waals surface area contributed by atoms with Crippen LogP contribution in [0.4, 0.5) is 4.39 Å². The first kappa shape index (κ1) is 9.99. The predicted molar refractivity (Wildman–Crippen MR) is 58.1 cm³/mol. The molecule has 0 fully saturated rings. The van der Waals surface area contributed by atoms with E-state index in [9.17, 15) is 4.39 Å². The van der Waals surface area contributed by atoms with Crippen LogP contribution in [0.15, 0.2) is 23.1 Å². The lowest BCUT2D eigenvalue weighted by atomic mass is 10.0. The molecule has 0 saturated heterocycles. The van der Waals surface area contributed by atoms with Gasteiger partial charge >= 0.3 is 0 Å². The van der Waals surface area contributed by atoms with Gasteiger partial charge in [0.1, 0.15) is 5.82 Å². The summed E-state index contributed by atoms with van der Waals surface area (Å²) in [6.07, 6.45) is 1.11. The predicted octanol–water partition coefficient (Wildman–Crippen LogP) is 2.97.